The van der Waals surface area contributed by atoms with E-state index >= 15 is 0 Å². The molecule has 0 saturated carbocycles. The number of nitrogens with zero attached hydrogens (tertiary/aromatic N) is 1. The van der Waals surface area contributed by atoms with Crippen LogP contribution in [0, 0.1) is 24.1 Å². The van der Waals surface area contributed by atoms with Gasteiger partial charge in [-0.05, 0) is 60.0 Å². The Hall–Kier alpha value is -3.91. The number of rotatable bonds is 6. The summed E-state index contributed by atoms with van der Waals surface area (Å²) in [5, 5.41) is 12.2. The average Bonchev–Trinajstić information content (AvgIpc) is 2.74. The number of hydrogen-bond donors (Lipinski definition) is 1. The first-order valence-corrected chi connectivity index (χ1v) is 9.39. The molecule has 0 bridgehead atoms. The van der Waals surface area contributed by atoms with Gasteiger partial charge >= 0.3 is 0 Å². The van der Waals surface area contributed by atoms with E-state index in [0.717, 1.165) is 16.7 Å². The molecule has 1 amide bonds. The van der Waals surface area contributed by atoms with E-state index in [1.165, 1.54) is 18.2 Å². The molecule has 0 spiro atoms. The number of benzene rings is 3. The first-order chi connectivity index (χ1) is 14.5. The highest BCUT2D eigenvalue weighted by atomic mass is 19.1. The van der Waals surface area contributed by atoms with Crippen LogP contribution in [0.5, 0.6) is 5.75 Å². The van der Waals surface area contributed by atoms with Crippen molar-refractivity contribution in [2.24, 2.45) is 0 Å². The highest BCUT2D eigenvalue weighted by Crippen LogP contribution is 2.25. The van der Waals surface area contributed by atoms with Crippen LogP contribution < -0.4 is 10.1 Å². The second-order valence-electron chi connectivity index (χ2n) is 6.87. The molecule has 0 fully saturated rings. The van der Waals surface area contributed by atoms with Crippen LogP contribution in [-0.2, 0) is 11.2 Å². The molecule has 150 valence electrons. The van der Waals surface area contributed by atoms with Crippen LogP contribution in [0.4, 0.5) is 10.1 Å². The maximum Gasteiger partial charge on any atom is 0.266 e. The lowest BCUT2D eigenvalue weighted by Crippen LogP contribution is -2.13. The molecule has 0 unspecified atom stereocenters. The van der Waals surface area contributed by atoms with Crippen molar-refractivity contribution in [2.45, 2.75) is 13.3 Å². The van der Waals surface area contributed by atoms with Crippen molar-refractivity contribution in [1.29, 1.82) is 5.26 Å². The monoisotopic (exact) mass is 400 g/mol. The van der Waals surface area contributed by atoms with E-state index in [-0.39, 0.29) is 11.4 Å². The van der Waals surface area contributed by atoms with E-state index in [4.69, 9.17) is 4.74 Å². The Morgan fingerprint density at radius 1 is 1.13 bits per heavy atom. The number of methoxy groups -OCH3 is 1. The number of hydrogen-bond acceptors (Lipinski definition) is 3. The number of anilines is 1. The van der Waals surface area contributed by atoms with Crippen LogP contribution in [0.3, 0.4) is 0 Å². The number of carbonyl (C=O) groups is 1. The van der Waals surface area contributed by atoms with Gasteiger partial charge in [0.1, 0.15) is 23.2 Å². The largest absolute Gasteiger partial charge is 0.496 e. The normalized spacial score (nSPS) is 10.9. The number of halogens is 1. The lowest BCUT2D eigenvalue weighted by molar-refractivity contribution is -0.112. The van der Waals surface area contributed by atoms with Crippen molar-refractivity contribution in [2.75, 3.05) is 12.4 Å². The molecular weight excluding hydrogens is 379 g/mol. The fraction of sp³-hybridized carbons (Fsp3) is 0.120. The van der Waals surface area contributed by atoms with Crippen LogP contribution in [0.2, 0.25) is 0 Å². The third kappa shape index (κ3) is 5.33. The zero-order valence-electron chi connectivity index (χ0n) is 16.8. The quantitative estimate of drug-likeness (QED) is 0.452. The van der Waals surface area contributed by atoms with Gasteiger partial charge in [0.05, 0.1) is 7.11 Å². The molecule has 0 aromatic heterocycles. The summed E-state index contributed by atoms with van der Waals surface area (Å²) in [6.45, 7) is 1.96. The molecule has 4 nitrogen and oxygen atoms in total. The highest BCUT2D eigenvalue weighted by Gasteiger charge is 2.11. The van der Waals surface area contributed by atoms with Gasteiger partial charge < -0.3 is 10.1 Å². The lowest BCUT2D eigenvalue weighted by atomic mass is 10.0. The molecular formula is C25H21FN2O2. The fourth-order valence-electron chi connectivity index (χ4n) is 3.01. The van der Waals surface area contributed by atoms with Crippen molar-refractivity contribution < 1.29 is 13.9 Å². The second kappa shape index (κ2) is 9.53. The molecule has 3 aromatic carbocycles. The second-order valence-corrected chi connectivity index (χ2v) is 6.87. The summed E-state index contributed by atoms with van der Waals surface area (Å²) in [5.41, 5.74) is 4.04. The molecule has 0 aliphatic carbocycles. The minimum atomic E-state index is -0.482. The topological polar surface area (TPSA) is 62.1 Å². The van der Waals surface area contributed by atoms with Crippen LogP contribution >= 0.6 is 0 Å². The molecule has 5 heteroatoms. The summed E-state index contributed by atoms with van der Waals surface area (Å²) >= 11 is 0. The first kappa shape index (κ1) is 20.8. The van der Waals surface area contributed by atoms with E-state index in [2.05, 4.69) is 5.32 Å². The van der Waals surface area contributed by atoms with Crippen molar-refractivity contribution in [3.8, 4) is 11.8 Å². The van der Waals surface area contributed by atoms with Crippen molar-refractivity contribution in [3.05, 3.63) is 100 Å². The van der Waals surface area contributed by atoms with Gasteiger partial charge in [0.2, 0.25) is 0 Å². The van der Waals surface area contributed by atoms with Crippen molar-refractivity contribution in [1.82, 2.24) is 0 Å². The standard InChI is InChI=1S/C25H21FN2O2/c1-17-6-10-23(11-7-17)28-25(29)21(16-27)13-19-8-9-20(24(15-19)30-2)12-18-4-3-5-22(26)14-18/h3-11,13-15H,12H2,1-2H3,(H,28,29)/b21-13+. The Morgan fingerprint density at radius 3 is 2.57 bits per heavy atom. The number of amides is 1. The Balaban J connectivity index is 1.81. The molecule has 0 aliphatic rings. The zero-order valence-corrected chi connectivity index (χ0v) is 16.8. The van der Waals surface area contributed by atoms with Crippen LogP contribution in [0.15, 0.2) is 72.3 Å². The number of carbonyl (C=O) groups excluding carboxylic acids is 1. The Bertz CT molecular complexity index is 1130. The van der Waals surface area contributed by atoms with Gasteiger partial charge in [-0.1, -0.05) is 42.0 Å². The van der Waals surface area contributed by atoms with E-state index in [1.807, 2.05) is 37.3 Å². The predicted molar refractivity (Wildman–Crippen MR) is 116 cm³/mol. The number of nitriles is 1. The summed E-state index contributed by atoms with van der Waals surface area (Å²) in [6, 6.07) is 21.1. The van der Waals surface area contributed by atoms with E-state index in [9.17, 15) is 14.4 Å². The van der Waals surface area contributed by atoms with Crippen LogP contribution in [0.25, 0.3) is 6.08 Å². The molecule has 3 aromatic rings. The molecule has 0 saturated heterocycles. The minimum absolute atomic E-state index is 0.0180. The summed E-state index contributed by atoms with van der Waals surface area (Å²) in [6.07, 6.45) is 2.02. The molecule has 1 N–H and O–H groups in total. The molecule has 3 rings (SSSR count). The number of aryl methyl sites for hydroxylation is 1. The van der Waals surface area contributed by atoms with Gasteiger partial charge in [-0.25, -0.2) is 4.39 Å². The third-order valence-corrected chi connectivity index (χ3v) is 4.58. The fourth-order valence-corrected chi connectivity index (χ4v) is 3.01. The Labute approximate surface area is 175 Å². The van der Waals surface area contributed by atoms with E-state index in [0.29, 0.717) is 23.4 Å². The highest BCUT2D eigenvalue weighted by molar-refractivity contribution is 6.09. The summed E-state index contributed by atoms with van der Waals surface area (Å²) in [4.78, 5) is 12.5. The predicted octanol–water partition coefficient (Wildman–Crippen LogP) is 5.28. The Morgan fingerprint density at radius 2 is 1.90 bits per heavy atom. The Kier molecular flexibility index (Phi) is 6.61. The maximum absolute atomic E-state index is 13.4. The number of nitrogens with one attached hydrogen (secondary N) is 1. The third-order valence-electron chi connectivity index (χ3n) is 4.58. The van der Waals surface area contributed by atoms with E-state index in [1.54, 1.807) is 37.4 Å². The van der Waals surface area contributed by atoms with Gasteiger partial charge in [-0.2, -0.15) is 5.26 Å². The van der Waals surface area contributed by atoms with Gasteiger partial charge in [-0.3, -0.25) is 4.79 Å². The molecule has 0 atom stereocenters. The van der Waals surface area contributed by atoms with Crippen molar-refractivity contribution >= 4 is 17.7 Å². The molecule has 30 heavy (non-hydrogen) atoms. The maximum atomic E-state index is 13.4. The molecule has 0 heterocycles. The van der Waals surface area contributed by atoms with Gasteiger partial charge in [0.25, 0.3) is 5.91 Å². The molecule has 0 aliphatic heterocycles. The zero-order chi connectivity index (χ0) is 21.5. The molecule has 0 radical (unpaired) electrons. The van der Waals surface area contributed by atoms with E-state index < -0.39 is 5.91 Å². The number of ether oxygens (including phenoxy) is 1. The first-order valence-electron chi connectivity index (χ1n) is 9.39. The van der Waals surface area contributed by atoms with Gasteiger partial charge in [0, 0.05) is 12.1 Å². The van der Waals surface area contributed by atoms with Crippen molar-refractivity contribution in [3.63, 3.8) is 0 Å². The summed E-state index contributed by atoms with van der Waals surface area (Å²) < 4.78 is 18.9. The summed E-state index contributed by atoms with van der Waals surface area (Å²) in [5.74, 6) is -0.169. The average molecular weight is 400 g/mol. The van der Waals surface area contributed by atoms with Gasteiger partial charge in [0.15, 0.2) is 0 Å². The van der Waals surface area contributed by atoms with Crippen LogP contribution in [0.1, 0.15) is 22.3 Å². The SMILES string of the molecule is COc1cc(/C=C(\C#N)C(=O)Nc2ccc(C)cc2)ccc1Cc1cccc(F)c1. The summed E-state index contributed by atoms with van der Waals surface area (Å²) in [7, 11) is 1.55. The lowest BCUT2D eigenvalue weighted by Gasteiger charge is -2.10. The minimum Gasteiger partial charge on any atom is -0.496 e. The van der Waals surface area contributed by atoms with Gasteiger partial charge in [-0.15, -0.1) is 0 Å². The van der Waals surface area contributed by atoms with Crippen LogP contribution in [-0.4, -0.2) is 13.0 Å². The smallest absolute Gasteiger partial charge is 0.266 e.